The highest BCUT2D eigenvalue weighted by Gasteiger charge is 2.51. The molecule has 0 bridgehead atoms. The van der Waals surface area contributed by atoms with Crippen molar-refractivity contribution in [3.8, 4) is 0 Å². The fourth-order valence-corrected chi connectivity index (χ4v) is 2.70. The molecular formula is C12H20O3. The van der Waals surface area contributed by atoms with Crippen molar-refractivity contribution >= 4 is 0 Å². The molecule has 0 radical (unpaired) electrons. The Balaban J connectivity index is 2.30. The molecule has 1 fully saturated rings. The van der Waals surface area contributed by atoms with Crippen molar-refractivity contribution in [2.75, 3.05) is 13.7 Å². The molecule has 0 amide bonds. The predicted octanol–water partition coefficient (Wildman–Crippen LogP) is 2.06. The number of ether oxygens (including phenoxy) is 2. The molecule has 0 spiro atoms. The molecule has 0 saturated carbocycles. The molecule has 1 aliphatic carbocycles. The van der Waals surface area contributed by atoms with Crippen LogP contribution in [-0.2, 0) is 9.47 Å². The van der Waals surface area contributed by atoms with Crippen LogP contribution in [-0.4, -0.2) is 24.4 Å². The minimum Gasteiger partial charge on any atom is -0.497 e. The van der Waals surface area contributed by atoms with Crippen molar-refractivity contribution in [3.63, 3.8) is 0 Å². The van der Waals surface area contributed by atoms with Crippen LogP contribution in [0.15, 0.2) is 11.5 Å². The van der Waals surface area contributed by atoms with Crippen molar-refractivity contribution in [1.29, 1.82) is 0 Å². The van der Waals surface area contributed by atoms with Crippen molar-refractivity contribution < 1.29 is 14.6 Å². The van der Waals surface area contributed by atoms with E-state index >= 15 is 0 Å². The third-order valence-corrected chi connectivity index (χ3v) is 3.78. The van der Waals surface area contributed by atoms with Gasteiger partial charge < -0.3 is 14.6 Å². The van der Waals surface area contributed by atoms with Gasteiger partial charge in [0.15, 0.2) is 0 Å². The zero-order valence-corrected chi connectivity index (χ0v) is 9.75. The smallest absolute Gasteiger partial charge is 0.140 e. The van der Waals surface area contributed by atoms with Crippen molar-refractivity contribution in [2.45, 2.75) is 38.7 Å². The average molecular weight is 212 g/mol. The van der Waals surface area contributed by atoms with E-state index in [0.717, 1.165) is 31.0 Å². The molecule has 1 aliphatic heterocycles. The zero-order chi connectivity index (χ0) is 11.1. The van der Waals surface area contributed by atoms with Crippen LogP contribution < -0.4 is 0 Å². The van der Waals surface area contributed by atoms with Crippen LogP contribution in [0.4, 0.5) is 0 Å². The lowest BCUT2D eigenvalue weighted by molar-refractivity contribution is -0.0629. The van der Waals surface area contributed by atoms with E-state index in [0.29, 0.717) is 6.42 Å². The Morgan fingerprint density at radius 2 is 2.27 bits per heavy atom. The topological polar surface area (TPSA) is 38.7 Å². The van der Waals surface area contributed by atoms with Gasteiger partial charge in [0.25, 0.3) is 0 Å². The molecule has 0 aromatic heterocycles. The fourth-order valence-electron chi connectivity index (χ4n) is 2.70. The van der Waals surface area contributed by atoms with E-state index in [-0.39, 0.29) is 11.8 Å². The van der Waals surface area contributed by atoms with Gasteiger partial charge in [0.05, 0.1) is 19.3 Å². The third-order valence-electron chi connectivity index (χ3n) is 3.78. The van der Waals surface area contributed by atoms with Crippen LogP contribution in [0, 0.1) is 11.8 Å². The Kier molecular flexibility index (Phi) is 2.67. The maximum Gasteiger partial charge on any atom is 0.140 e. The molecule has 1 heterocycles. The Labute approximate surface area is 91.1 Å². The zero-order valence-electron chi connectivity index (χ0n) is 9.75. The molecule has 3 nitrogen and oxygen atoms in total. The molecule has 0 aromatic rings. The summed E-state index contributed by atoms with van der Waals surface area (Å²) in [4.78, 5) is 0. The first kappa shape index (κ1) is 10.8. The van der Waals surface area contributed by atoms with Crippen molar-refractivity contribution in [1.82, 2.24) is 0 Å². The van der Waals surface area contributed by atoms with E-state index < -0.39 is 5.60 Å². The molecule has 2 atom stereocenters. The molecule has 1 saturated heterocycles. The number of hydrogen-bond acceptors (Lipinski definition) is 3. The second-order valence-electron chi connectivity index (χ2n) is 4.86. The molecule has 1 N–H and O–H groups in total. The summed E-state index contributed by atoms with van der Waals surface area (Å²) >= 11 is 0. The quantitative estimate of drug-likeness (QED) is 0.761. The van der Waals surface area contributed by atoms with Gasteiger partial charge in [-0.3, -0.25) is 0 Å². The normalized spacial score (nSPS) is 35.4. The third kappa shape index (κ3) is 1.53. The van der Waals surface area contributed by atoms with Gasteiger partial charge >= 0.3 is 0 Å². The maximum atomic E-state index is 10.7. The standard InChI is InChI=1S/C12H20O3/c1-8(2)12(13)7-10(14-3)11-9(12)5-4-6-15-11/h8-9,13H,4-7H2,1-3H3/t9-,12+/m1/s1. The van der Waals surface area contributed by atoms with E-state index in [1.165, 1.54) is 0 Å². The monoisotopic (exact) mass is 212 g/mol. The maximum absolute atomic E-state index is 10.7. The molecule has 15 heavy (non-hydrogen) atoms. The van der Waals surface area contributed by atoms with Gasteiger partial charge in [-0.15, -0.1) is 0 Å². The Hall–Kier alpha value is -0.700. The van der Waals surface area contributed by atoms with Crippen LogP contribution in [0.2, 0.25) is 0 Å². The van der Waals surface area contributed by atoms with Crippen LogP contribution in [0.5, 0.6) is 0 Å². The summed E-state index contributed by atoms with van der Waals surface area (Å²) in [6, 6.07) is 0. The van der Waals surface area contributed by atoms with Gasteiger partial charge in [0, 0.05) is 12.3 Å². The Bertz CT molecular complexity index is 283. The van der Waals surface area contributed by atoms with Gasteiger partial charge in [-0.25, -0.2) is 0 Å². The second kappa shape index (κ2) is 3.71. The highest BCUT2D eigenvalue weighted by Crippen LogP contribution is 2.49. The summed E-state index contributed by atoms with van der Waals surface area (Å²) in [5.74, 6) is 2.11. The van der Waals surface area contributed by atoms with E-state index in [9.17, 15) is 5.11 Å². The number of rotatable bonds is 2. The van der Waals surface area contributed by atoms with Gasteiger partial charge in [0.2, 0.25) is 0 Å². The molecule has 2 rings (SSSR count). The Morgan fingerprint density at radius 1 is 1.53 bits per heavy atom. The van der Waals surface area contributed by atoms with Crippen LogP contribution in [0.3, 0.4) is 0 Å². The SMILES string of the molecule is COC1=C2OCCC[C@H]2[C@@](O)(C(C)C)C1. The highest BCUT2D eigenvalue weighted by molar-refractivity contribution is 5.23. The van der Waals surface area contributed by atoms with Crippen molar-refractivity contribution in [3.05, 3.63) is 11.5 Å². The molecule has 2 aliphatic rings. The summed E-state index contributed by atoms with van der Waals surface area (Å²) in [6.07, 6.45) is 2.64. The summed E-state index contributed by atoms with van der Waals surface area (Å²) in [5, 5.41) is 10.7. The minimum atomic E-state index is -0.666. The molecule has 0 aromatic carbocycles. The van der Waals surface area contributed by atoms with E-state index in [1.807, 2.05) is 0 Å². The van der Waals surface area contributed by atoms with Gasteiger partial charge in [0.1, 0.15) is 11.5 Å². The van der Waals surface area contributed by atoms with Crippen LogP contribution in [0.25, 0.3) is 0 Å². The summed E-state index contributed by atoms with van der Waals surface area (Å²) in [6.45, 7) is 4.88. The molecule has 86 valence electrons. The summed E-state index contributed by atoms with van der Waals surface area (Å²) in [5.41, 5.74) is -0.666. The molecule has 3 heteroatoms. The number of methoxy groups -OCH3 is 1. The minimum absolute atomic E-state index is 0.140. The van der Waals surface area contributed by atoms with E-state index in [4.69, 9.17) is 9.47 Å². The number of aliphatic hydroxyl groups is 1. The lowest BCUT2D eigenvalue weighted by Crippen LogP contribution is -2.41. The lowest BCUT2D eigenvalue weighted by atomic mass is 9.77. The predicted molar refractivity (Wildman–Crippen MR) is 57.1 cm³/mol. The molecule has 0 unspecified atom stereocenters. The first-order valence-corrected chi connectivity index (χ1v) is 5.71. The first-order valence-electron chi connectivity index (χ1n) is 5.71. The number of fused-ring (bicyclic) bond motifs is 1. The molecular weight excluding hydrogens is 192 g/mol. The average Bonchev–Trinajstić information content (AvgIpc) is 2.54. The number of hydrogen-bond donors (Lipinski definition) is 1. The largest absolute Gasteiger partial charge is 0.497 e. The van der Waals surface area contributed by atoms with Gasteiger partial charge in [-0.1, -0.05) is 13.8 Å². The summed E-state index contributed by atoms with van der Waals surface area (Å²) < 4.78 is 11.0. The highest BCUT2D eigenvalue weighted by atomic mass is 16.5. The second-order valence-corrected chi connectivity index (χ2v) is 4.86. The summed E-state index contributed by atoms with van der Waals surface area (Å²) in [7, 11) is 1.66. The van der Waals surface area contributed by atoms with E-state index in [2.05, 4.69) is 13.8 Å². The van der Waals surface area contributed by atoms with Gasteiger partial charge in [-0.2, -0.15) is 0 Å². The van der Waals surface area contributed by atoms with Crippen LogP contribution >= 0.6 is 0 Å². The van der Waals surface area contributed by atoms with Crippen molar-refractivity contribution in [2.24, 2.45) is 11.8 Å². The first-order chi connectivity index (χ1) is 7.09. The van der Waals surface area contributed by atoms with E-state index in [1.54, 1.807) is 7.11 Å². The Morgan fingerprint density at radius 3 is 2.87 bits per heavy atom. The van der Waals surface area contributed by atoms with Gasteiger partial charge in [-0.05, 0) is 18.8 Å². The van der Waals surface area contributed by atoms with Crippen LogP contribution in [0.1, 0.15) is 33.1 Å². The fraction of sp³-hybridized carbons (Fsp3) is 0.833. The lowest BCUT2D eigenvalue weighted by Gasteiger charge is -2.36.